The van der Waals surface area contributed by atoms with Crippen LogP contribution in [0.25, 0.3) is 0 Å². The molecule has 0 radical (unpaired) electrons. The van der Waals surface area contributed by atoms with Gasteiger partial charge >= 0.3 is 12.4 Å². The molecule has 3 aliphatic heterocycles. The van der Waals surface area contributed by atoms with E-state index < -0.39 is 41.0 Å². The molecule has 0 saturated carbocycles. The standard InChI is InChI=1S/C35H38F6N4O3/c36-34(37,38)27-18-26(19-28(20-27)35(39,40)41)33(47)45-11-8-29(21-31(45)17-24-5-2-1-3-6-24)42-12-14-43(15-13-42)30-7-4-10-44(22-30)32(46)25-9-16-48-23-25/h1-3,5-6,9,16,18-20,23,29-31H,4,7-8,10-15,17,21-22H2. The molecule has 7 nitrogen and oxygen atoms in total. The van der Waals surface area contributed by atoms with E-state index in [1.54, 1.807) is 6.07 Å². The highest BCUT2D eigenvalue weighted by atomic mass is 19.4. The second kappa shape index (κ2) is 13.9. The fraction of sp³-hybridized carbons (Fsp3) is 0.486. The van der Waals surface area contributed by atoms with Crippen molar-refractivity contribution < 1.29 is 40.3 Å². The zero-order valence-electron chi connectivity index (χ0n) is 26.3. The van der Waals surface area contributed by atoms with Crippen LogP contribution >= 0.6 is 0 Å². The van der Waals surface area contributed by atoms with Crippen LogP contribution in [0.1, 0.15) is 63.1 Å². The molecule has 13 heteroatoms. The Morgan fingerprint density at radius 3 is 1.98 bits per heavy atom. The number of halogens is 6. The van der Waals surface area contributed by atoms with Gasteiger partial charge in [0.1, 0.15) is 6.26 Å². The number of likely N-dealkylation sites (tertiary alicyclic amines) is 2. The number of furan rings is 1. The normalized spacial score (nSPS) is 23.3. The molecule has 0 bridgehead atoms. The van der Waals surface area contributed by atoms with Crippen LogP contribution in [0.5, 0.6) is 0 Å². The van der Waals surface area contributed by atoms with Gasteiger partial charge in [0.15, 0.2) is 0 Å². The molecule has 2 amide bonds. The smallest absolute Gasteiger partial charge is 0.416 e. The maximum atomic E-state index is 13.7. The third-order valence-electron chi connectivity index (χ3n) is 9.93. The maximum absolute atomic E-state index is 13.7. The number of rotatable bonds is 6. The van der Waals surface area contributed by atoms with Crippen molar-refractivity contribution in [3.8, 4) is 0 Å². The Labute approximate surface area is 275 Å². The van der Waals surface area contributed by atoms with Crippen LogP contribution in [0.15, 0.2) is 71.5 Å². The second-order valence-electron chi connectivity index (χ2n) is 12.9. The monoisotopic (exact) mass is 676 g/mol. The minimum absolute atomic E-state index is 0.0300. The Morgan fingerprint density at radius 2 is 1.38 bits per heavy atom. The number of hydrogen-bond acceptors (Lipinski definition) is 5. The largest absolute Gasteiger partial charge is 0.472 e. The highest BCUT2D eigenvalue weighted by molar-refractivity contribution is 5.95. The van der Waals surface area contributed by atoms with Crippen LogP contribution in [-0.4, -0.2) is 95.4 Å². The van der Waals surface area contributed by atoms with E-state index in [0.29, 0.717) is 50.0 Å². The van der Waals surface area contributed by atoms with E-state index in [1.165, 1.54) is 17.4 Å². The van der Waals surface area contributed by atoms with Crippen LogP contribution in [-0.2, 0) is 18.8 Å². The lowest BCUT2D eigenvalue weighted by molar-refractivity contribution is -0.143. The molecule has 3 aliphatic rings. The molecule has 4 heterocycles. The summed E-state index contributed by atoms with van der Waals surface area (Å²) in [5, 5.41) is 0. The number of piperazine rings is 1. The zero-order chi connectivity index (χ0) is 34.1. The van der Waals surface area contributed by atoms with Crippen LogP contribution in [0.3, 0.4) is 0 Å². The number of nitrogens with zero attached hydrogens (tertiary/aromatic N) is 4. The van der Waals surface area contributed by atoms with Crippen molar-refractivity contribution in [2.75, 3.05) is 45.8 Å². The van der Waals surface area contributed by atoms with Gasteiger partial charge in [0.2, 0.25) is 0 Å². The van der Waals surface area contributed by atoms with Gasteiger partial charge in [0.25, 0.3) is 11.8 Å². The molecule has 0 aliphatic carbocycles. The highest BCUT2D eigenvalue weighted by Gasteiger charge is 2.41. The van der Waals surface area contributed by atoms with E-state index >= 15 is 0 Å². The van der Waals surface area contributed by atoms with Crippen molar-refractivity contribution in [1.82, 2.24) is 19.6 Å². The Morgan fingerprint density at radius 1 is 0.729 bits per heavy atom. The summed E-state index contributed by atoms with van der Waals surface area (Å²) in [6.45, 7) is 4.76. The first kappa shape index (κ1) is 34.0. The first-order chi connectivity index (χ1) is 22.9. The van der Waals surface area contributed by atoms with Gasteiger partial charge in [-0.15, -0.1) is 0 Å². The SMILES string of the molecule is O=C(c1ccoc1)N1CCCC(N2CCN(C3CCN(C(=O)c4cc(C(F)(F)F)cc(C(F)(F)F)c4)C(Cc4ccccc4)C3)CC2)C1. The van der Waals surface area contributed by atoms with E-state index in [9.17, 15) is 35.9 Å². The third kappa shape index (κ3) is 7.72. The van der Waals surface area contributed by atoms with Gasteiger partial charge in [-0.25, -0.2) is 0 Å². The molecule has 0 N–H and O–H groups in total. The summed E-state index contributed by atoms with van der Waals surface area (Å²) in [6.07, 6.45) is -3.68. The quantitative estimate of drug-likeness (QED) is 0.281. The number of hydrogen-bond donors (Lipinski definition) is 0. The minimum Gasteiger partial charge on any atom is -0.472 e. The fourth-order valence-corrected chi connectivity index (χ4v) is 7.43. The molecule has 3 unspecified atom stereocenters. The lowest BCUT2D eigenvalue weighted by Gasteiger charge is -2.48. The molecular formula is C35H38F6N4O3. The predicted molar refractivity (Wildman–Crippen MR) is 165 cm³/mol. The number of alkyl halides is 6. The van der Waals surface area contributed by atoms with E-state index in [4.69, 9.17) is 4.42 Å². The number of carbonyl (C=O) groups is 2. The summed E-state index contributed by atoms with van der Waals surface area (Å²) in [5.74, 6) is -0.861. The molecule has 1 aromatic heterocycles. The topological polar surface area (TPSA) is 60.2 Å². The third-order valence-corrected chi connectivity index (χ3v) is 9.93. The zero-order valence-corrected chi connectivity index (χ0v) is 26.3. The van der Waals surface area contributed by atoms with Gasteiger partial charge in [-0.3, -0.25) is 19.4 Å². The lowest BCUT2D eigenvalue weighted by Crippen LogP contribution is -2.59. The Kier molecular flexibility index (Phi) is 9.89. The Bertz CT molecular complexity index is 1520. The lowest BCUT2D eigenvalue weighted by atomic mass is 9.90. The molecule has 3 atom stereocenters. The average Bonchev–Trinajstić information content (AvgIpc) is 3.63. The summed E-state index contributed by atoms with van der Waals surface area (Å²) in [5.41, 5.74) is -2.14. The number of piperidine rings is 2. The average molecular weight is 677 g/mol. The molecule has 3 aromatic rings. The summed E-state index contributed by atoms with van der Waals surface area (Å²) < 4.78 is 86.7. The molecule has 3 fully saturated rings. The van der Waals surface area contributed by atoms with E-state index in [1.807, 2.05) is 35.2 Å². The second-order valence-corrected chi connectivity index (χ2v) is 12.9. The summed E-state index contributed by atoms with van der Waals surface area (Å²) >= 11 is 0. The fourth-order valence-electron chi connectivity index (χ4n) is 7.43. The van der Waals surface area contributed by atoms with Crippen molar-refractivity contribution >= 4 is 11.8 Å². The first-order valence-electron chi connectivity index (χ1n) is 16.3. The van der Waals surface area contributed by atoms with Crippen LogP contribution < -0.4 is 0 Å². The molecule has 258 valence electrons. The van der Waals surface area contributed by atoms with Gasteiger partial charge in [-0.05, 0) is 61.9 Å². The number of benzene rings is 2. The summed E-state index contributed by atoms with van der Waals surface area (Å²) in [6, 6.07) is 12.1. The van der Waals surface area contributed by atoms with E-state index in [-0.39, 0.29) is 30.6 Å². The molecule has 2 aromatic carbocycles. The molecule has 3 saturated heterocycles. The van der Waals surface area contributed by atoms with Crippen molar-refractivity contribution in [3.05, 3.63) is 94.9 Å². The number of amides is 2. The van der Waals surface area contributed by atoms with Gasteiger partial charge in [-0.1, -0.05) is 30.3 Å². The molecule has 0 spiro atoms. The predicted octanol–water partition coefficient (Wildman–Crippen LogP) is 6.46. The van der Waals surface area contributed by atoms with Crippen molar-refractivity contribution in [1.29, 1.82) is 0 Å². The Hall–Kier alpha value is -3.84. The van der Waals surface area contributed by atoms with Gasteiger partial charge < -0.3 is 14.2 Å². The molecule has 6 rings (SSSR count). The van der Waals surface area contributed by atoms with Crippen LogP contribution in [0.2, 0.25) is 0 Å². The van der Waals surface area contributed by atoms with E-state index in [0.717, 1.165) is 44.6 Å². The van der Waals surface area contributed by atoms with Crippen molar-refractivity contribution in [3.63, 3.8) is 0 Å². The van der Waals surface area contributed by atoms with Crippen LogP contribution in [0, 0.1) is 0 Å². The van der Waals surface area contributed by atoms with E-state index in [2.05, 4.69) is 9.80 Å². The van der Waals surface area contributed by atoms with Gasteiger partial charge in [0, 0.05) is 69.5 Å². The van der Waals surface area contributed by atoms with Crippen molar-refractivity contribution in [2.45, 2.75) is 62.6 Å². The Balaban J connectivity index is 1.14. The first-order valence-corrected chi connectivity index (χ1v) is 16.3. The number of carbonyl (C=O) groups excluding carboxylic acids is 2. The summed E-state index contributed by atoms with van der Waals surface area (Å²) in [7, 11) is 0. The molecular weight excluding hydrogens is 638 g/mol. The highest BCUT2D eigenvalue weighted by Crippen LogP contribution is 2.37. The maximum Gasteiger partial charge on any atom is 0.416 e. The van der Waals surface area contributed by atoms with Crippen LogP contribution in [0.4, 0.5) is 26.3 Å². The minimum atomic E-state index is -5.04. The van der Waals surface area contributed by atoms with Gasteiger partial charge in [0.05, 0.1) is 23.0 Å². The summed E-state index contributed by atoms with van der Waals surface area (Å²) in [4.78, 5) is 34.8. The van der Waals surface area contributed by atoms with Crippen molar-refractivity contribution in [2.24, 2.45) is 0 Å². The molecule has 48 heavy (non-hydrogen) atoms. The van der Waals surface area contributed by atoms with Gasteiger partial charge in [-0.2, -0.15) is 26.3 Å².